The molecule has 0 aromatic heterocycles. The molecule has 0 saturated carbocycles. The van der Waals surface area contributed by atoms with Gasteiger partial charge >= 0.3 is 0 Å². The first kappa shape index (κ1) is 13.3. The Morgan fingerprint density at radius 3 is 2.69 bits per heavy atom. The van der Waals surface area contributed by atoms with Gasteiger partial charge < -0.3 is 5.32 Å². The molecule has 1 rings (SSSR count). The zero-order valence-electron chi connectivity index (χ0n) is 10.3. The minimum atomic E-state index is 0.160. The smallest absolute Gasteiger partial charge is 0.0545 e. The number of aryl methyl sites for hydroxylation is 1. The second kappa shape index (κ2) is 6.07. The molecule has 0 bridgehead atoms. The molecule has 0 radical (unpaired) electrons. The van der Waals surface area contributed by atoms with Gasteiger partial charge in [0.1, 0.15) is 0 Å². The minimum absolute atomic E-state index is 0.160. The van der Waals surface area contributed by atoms with Crippen LogP contribution in [0.1, 0.15) is 37.4 Å². The van der Waals surface area contributed by atoms with E-state index in [1.54, 1.807) is 0 Å². The third kappa shape index (κ3) is 3.36. The number of nitrogens with one attached hydrogen (secondary N) is 1. The number of halogens is 1. The van der Waals surface area contributed by atoms with Crippen LogP contribution >= 0.6 is 11.6 Å². The van der Waals surface area contributed by atoms with Gasteiger partial charge in [0, 0.05) is 5.02 Å². The Hall–Kier alpha value is -0.790. The number of hydrogen-bond acceptors (Lipinski definition) is 1. The van der Waals surface area contributed by atoms with Gasteiger partial charge in [0.05, 0.1) is 6.04 Å². The maximum Gasteiger partial charge on any atom is 0.0545 e. The van der Waals surface area contributed by atoms with Crippen molar-refractivity contribution in [1.29, 1.82) is 0 Å². The second-order valence-corrected chi connectivity index (χ2v) is 4.67. The number of benzene rings is 1. The third-order valence-electron chi connectivity index (χ3n) is 2.56. The monoisotopic (exact) mass is 237 g/mol. The number of rotatable bonds is 5. The Balaban J connectivity index is 2.96. The van der Waals surface area contributed by atoms with Crippen LogP contribution in [-0.2, 0) is 0 Å². The molecule has 1 N–H and O–H groups in total. The minimum Gasteiger partial charge on any atom is -0.307 e. The van der Waals surface area contributed by atoms with Gasteiger partial charge in [-0.2, -0.15) is 0 Å². The summed E-state index contributed by atoms with van der Waals surface area (Å²) < 4.78 is 0. The van der Waals surface area contributed by atoms with Crippen molar-refractivity contribution in [2.45, 2.75) is 33.2 Å². The standard InChI is InChI=1S/C14H20ClN/c1-5-8-16-14(10(2)3)12-7-6-11(4)9-13(12)15/h6-7,9,14,16H,2,5,8H2,1,3-4H3. The van der Waals surface area contributed by atoms with Crippen molar-refractivity contribution in [2.24, 2.45) is 0 Å². The normalized spacial score (nSPS) is 12.5. The maximum atomic E-state index is 6.27. The second-order valence-electron chi connectivity index (χ2n) is 4.26. The van der Waals surface area contributed by atoms with Gasteiger partial charge in [-0.3, -0.25) is 0 Å². The highest BCUT2D eigenvalue weighted by atomic mass is 35.5. The molecule has 0 saturated heterocycles. The van der Waals surface area contributed by atoms with Crippen molar-refractivity contribution in [2.75, 3.05) is 6.54 Å². The van der Waals surface area contributed by atoms with Crippen molar-refractivity contribution < 1.29 is 0 Å². The highest BCUT2D eigenvalue weighted by Gasteiger charge is 2.14. The Kier molecular flexibility index (Phi) is 5.04. The summed E-state index contributed by atoms with van der Waals surface area (Å²) in [7, 11) is 0. The van der Waals surface area contributed by atoms with E-state index in [0.29, 0.717) is 0 Å². The Morgan fingerprint density at radius 1 is 1.50 bits per heavy atom. The third-order valence-corrected chi connectivity index (χ3v) is 2.89. The highest BCUT2D eigenvalue weighted by Crippen LogP contribution is 2.28. The molecular weight excluding hydrogens is 218 g/mol. The summed E-state index contributed by atoms with van der Waals surface area (Å²) in [5, 5.41) is 4.28. The average molecular weight is 238 g/mol. The van der Waals surface area contributed by atoms with Crippen LogP contribution in [0.5, 0.6) is 0 Å². The van der Waals surface area contributed by atoms with Crippen molar-refractivity contribution in [3.63, 3.8) is 0 Å². The Morgan fingerprint density at radius 2 is 2.19 bits per heavy atom. The van der Waals surface area contributed by atoms with Crippen LogP contribution in [0.2, 0.25) is 5.02 Å². The lowest BCUT2D eigenvalue weighted by molar-refractivity contribution is 0.591. The quantitative estimate of drug-likeness (QED) is 0.755. The summed E-state index contributed by atoms with van der Waals surface area (Å²) in [4.78, 5) is 0. The largest absolute Gasteiger partial charge is 0.307 e. The van der Waals surface area contributed by atoms with Crippen LogP contribution in [0.3, 0.4) is 0 Å². The molecule has 0 heterocycles. The van der Waals surface area contributed by atoms with E-state index in [4.69, 9.17) is 11.6 Å². The van der Waals surface area contributed by atoms with Crippen LogP contribution in [0, 0.1) is 6.92 Å². The van der Waals surface area contributed by atoms with E-state index in [1.807, 2.05) is 19.9 Å². The van der Waals surface area contributed by atoms with Crippen molar-refractivity contribution in [1.82, 2.24) is 5.32 Å². The topological polar surface area (TPSA) is 12.0 Å². The summed E-state index contributed by atoms with van der Waals surface area (Å²) in [5.74, 6) is 0. The van der Waals surface area contributed by atoms with Gasteiger partial charge in [-0.1, -0.05) is 42.8 Å². The molecule has 1 atom stereocenters. The lowest BCUT2D eigenvalue weighted by Gasteiger charge is -2.20. The molecule has 88 valence electrons. The average Bonchev–Trinajstić information content (AvgIpc) is 2.20. The summed E-state index contributed by atoms with van der Waals surface area (Å²) in [6.07, 6.45) is 1.10. The van der Waals surface area contributed by atoms with Gasteiger partial charge in [-0.15, -0.1) is 0 Å². The van der Waals surface area contributed by atoms with Gasteiger partial charge in [-0.25, -0.2) is 0 Å². The lowest BCUT2D eigenvalue weighted by atomic mass is 9.99. The molecule has 0 aliphatic heterocycles. The van der Waals surface area contributed by atoms with Crippen molar-refractivity contribution in [3.8, 4) is 0 Å². The van der Waals surface area contributed by atoms with E-state index >= 15 is 0 Å². The summed E-state index contributed by atoms with van der Waals surface area (Å²) >= 11 is 6.27. The molecule has 1 aromatic rings. The van der Waals surface area contributed by atoms with Crippen LogP contribution in [-0.4, -0.2) is 6.54 Å². The predicted octanol–water partition coefficient (Wildman–Crippen LogP) is 4.27. The Labute approximate surface area is 104 Å². The fourth-order valence-electron chi connectivity index (χ4n) is 1.70. The zero-order valence-corrected chi connectivity index (χ0v) is 11.1. The molecule has 2 heteroatoms. The van der Waals surface area contributed by atoms with Gasteiger partial charge in [0.2, 0.25) is 0 Å². The molecule has 0 spiro atoms. The molecular formula is C14H20ClN. The van der Waals surface area contributed by atoms with Crippen LogP contribution in [0.25, 0.3) is 0 Å². The predicted molar refractivity (Wildman–Crippen MR) is 72.0 cm³/mol. The highest BCUT2D eigenvalue weighted by molar-refractivity contribution is 6.31. The first-order valence-corrected chi connectivity index (χ1v) is 6.09. The summed E-state index contributed by atoms with van der Waals surface area (Å²) in [6.45, 7) is 11.2. The molecule has 16 heavy (non-hydrogen) atoms. The molecule has 0 aliphatic carbocycles. The van der Waals surface area contributed by atoms with Crippen LogP contribution in [0.15, 0.2) is 30.4 Å². The van der Waals surface area contributed by atoms with Crippen LogP contribution in [0.4, 0.5) is 0 Å². The van der Waals surface area contributed by atoms with Crippen molar-refractivity contribution in [3.05, 3.63) is 46.5 Å². The van der Waals surface area contributed by atoms with Gasteiger partial charge in [0.15, 0.2) is 0 Å². The molecule has 0 fully saturated rings. The first-order chi connectivity index (χ1) is 7.56. The molecule has 0 amide bonds. The van der Waals surface area contributed by atoms with E-state index in [9.17, 15) is 0 Å². The van der Waals surface area contributed by atoms with Gasteiger partial charge in [-0.05, 0) is 44.0 Å². The Bertz CT molecular complexity index is 371. The summed E-state index contributed by atoms with van der Waals surface area (Å²) in [6, 6.07) is 6.33. The molecule has 1 nitrogen and oxygen atoms in total. The van der Waals surface area contributed by atoms with E-state index in [1.165, 1.54) is 5.56 Å². The van der Waals surface area contributed by atoms with E-state index in [0.717, 1.165) is 29.1 Å². The molecule has 1 unspecified atom stereocenters. The maximum absolute atomic E-state index is 6.27. The van der Waals surface area contributed by atoms with E-state index in [-0.39, 0.29) is 6.04 Å². The zero-order chi connectivity index (χ0) is 12.1. The van der Waals surface area contributed by atoms with E-state index in [2.05, 4.69) is 31.0 Å². The SMILES string of the molecule is C=C(C)C(NCCC)c1ccc(C)cc1Cl. The first-order valence-electron chi connectivity index (χ1n) is 5.71. The van der Waals surface area contributed by atoms with Crippen molar-refractivity contribution >= 4 is 11.6 Å². The van der Waals surface area contributed by atoms with Crippen LogP contribution < -0.4 is 5.32 Å². The van der Waals surface area contributed by atoms with E-state index < -0.39 is 0 Å². The lowest BCUT2D eigenvalue weighted by Crippen LogP contribution is -2.23. The fraction of sp³-hybridized carbons (Fsp3) is 0.429. The molecule has 0 aliphatic rings. The molecule has 1 aromatic carbocycles. The fourth-order valence-corrected chi connectivity index (χ4v) is 2.05. The summed E-state index contributed by atoms with van der Waals surface area (Å²) in [5.41, 5.74) is 3.40. The van der Waals surface area contributed by atoms with Gasteiger partial charge in [0.25, 0.3) is 0 Å². The number of hydrogen-bond donors (Lipinski definition) is 1.